The molecule has 0 aromatic heterocycles. The van der Waals surface area contributed by atoms with Gasteiger partial charge in [-0.05, 0) is 43.4 Å². The van der Waals surface area contributed by atoms with Gasteiger partial charge in [-0.25, -0.2) is 4.79 Å². The first-order chi connectivity index (χ1) is 10.0. The van der Waals surface area contributed by atoms with Crippen molar-refractivity contribution in [2.45, 2.75) is 58.3 Å². The second kappa shape index (κ2) is 7.14. The van der Waals surface area contributed by atoms with Gasteiger partial charge >= 0.3 is 12.0 Å². The van der Waals surface area contributed by atoms with Gasteiger partial charge in [0.15, 0.2) is 0 Å². The zero-order chi connectivity index (χ0) is 15.3. The molecule has 0 aromatic rings. The summed E-state index contributed by atoms with van der Waals surface area (Å²) in [6, 6.07) is 0.0348. The van der Waals surface area contributed by atoms with E-state index >= 15 is 0 Å². The Morgan fingerprint density at radius 3 is 2.67 bits per heavy atom. The number of nitrogens with one attached hydrogen (secondary N) is 1. The molecule has 21 heavy (non-hydrogen) atoms. The van der Waals surface area contributed by atoms with Crippen molar-refractivity contribution in [3.63, 3.8) is 0 Å². The molecule has 2 aliphatic rings. The van der Waals surface area contributed by atoms with Crippen LogP contribution in [0.5, 0.6) is 0 Å². The summed E-state index contributed by atoms with van der Waals surface area (Å²) >= 11 is 0. The van der Waals surface area contributed by atoms with Crippen LogP contribution in [-0.4, -0.2) is 41.6 Å². The lowest BCUT2D eigenvalue weighted by atomic mass is 9.83. The topological polar surface area (TPSA) is 69.6 Å². The van der Waals surface area contributed by atoms with Crippen LogP contribution in [0.3, 0.4) is 0 Å². The number of likely N-dealkylation sites (tertiary alicyclic amines) is 1. The summed E-state index contributed by atoms with van der Waals surface area (Å²) in [5, 5.41) is 11.8. The smallest absolute Gasteiger partial charge is 0.317 e. The minimum absolute atomic E-state index is 0.0348. The van der Waals surface area contributed by atoms with Gasteiger partial charge in [0.05, 0.1) is 0 Å². The van der Waals surface area contributed by atoms with Gasteiger partial charge in [-0.3, -0.25) is 4.79 Å². The fraction of sp³-hybridized carbons (Fsp3) is 0.875. The van der Waals surface area contributed by atoms with Crippen LogP contribution < -0.4 is 5.32 Å². The molecular weight excluding hydrogens is 268 g/mol. The molecule has 0 radical (unpaired) electrons. The van der Waals surface area contributed by atoms with Gasteiger partial charge in [-0.2, -0.15) is 0 Å². The summed E-state index contributed by atoms with van der Waals surface area (Å²) in [5.74, 6) is -0.400. The Balaban J connectivity index is 1.73. The van der Waals surface area contributed by atoms with E-state index in [4.69, 9.17) is 5.11 Å². The lowest BCUT2D eigenvalue weighted by Crippen LogP contribution is -2.43. The van der Waals surface area contributed by atoms with Crippen LogP contribution in [0.4, 0.5) is 4.79 Å². The first-order valence-electron chi connectivity index (χ1n) is 8.29. The fourth-order valence-electron chi connectivity index (χ4n) is 3.74. The first kappa shape index (κ1) is 16.1. The molecule has 2 fully saturated rings. The van der Waals surface area contributed by atoms with E-state index < -0.39 is 5.97 Å². The molecule has 1 atom stereocenters. The van der Waals surface area contributed by atoms with Crippen molar-refractivity contribution in [3.05, 3.63) is 0 Å². The third-order valence-electron chi connectivity index (χ3n) is 5.37. The average molecular weight is 296 g/mol. The number of nitrogens with zero attached hydrogens (tertiary/aromatic N) is 1. The van der Waals surface area contributed by atoms with Crippen molar-refractivity contribution < 1.29 is 14.7 Å². The molecule has 0 bridgehead atoms. The highest BCUT2D eigenvalue weighted by molar-refractivity contribution is 5.74. The van der Waals surface area contributed by atoms with E-state index in [9.17, 15) is 9.59 Å². The highest BCUT2D eigenvalue weighted by Crippen LogP contribution is 2.40. The number of carbonyl (C=O) groups is 2. The number of hydrogen-bond acceptors (Lipinski definition) is 2. The van der Waals surface area contributed by atoms with Gasteiger partial charge in [0, 0.05) is 26.1 Å². The first-order valence-corrected chi connectivity index (χ1v) is 8.29. The van der Waals surface area contributed by atoms with Crippen LogP contribution >= 0.6 is 0 Å². The second-order valence-corrected chi connectivity index (χ2v) is 6.75. The summed E-state index contributed by atoms with van der Waals surface area (Å²) < 4.78 is 0. The van der Waals surface area contributed by atoms with Gasteiger partial charge in [-0.15, -0.1) is 0 Å². The van der Waals surface area contributed by atoms with Crippen LogP contribution in [0.25, 0.3) is 0 Å². The van der Waals surface area contributed by atoms with E-state index in [2.05, 4.69) is 12.2 Å². The van der Waals surface area contributed by atoms with Gasteiger partial charge in [0.1, 0.15) is 0 Å². The number of hydrogen-bond donors (Lipinski definition) is 2. The maximum atomic E-state index is 12.2. The van der Waals surface area contributed by atoms with Crippen molar-refractivity contribution in [1.82, 2.24) is 10.2 Å². The molecule has 120 valence electrons. The van der Waals surface area contributed by atoms with Crippen LogP contribution in [0.1, 0.15) is 58.3 Å². The molecule has 1 aliphatic carbocycles. The average Bonchev–Trinajstić information content (AvgIpc) is 3.12. The van der Waals surface area contributed by atoms with Crippen molar-refractivity contribution >= 4 is 12.0 Å². The van der Waals surface area contributed by atoms with E-state index in [-0.39, 0.29) is 12.5 Å². The fourth-order valence-corrected chi connectivity index (χ4v) is 3.74. The summed E-state index contributed by atoms with van der Waals surface area (Å²) in [6.07, 6.45) is 7.97. The molecule has 1 saturated heterocycles. The molecule has 1 saturated carbocycles. The normalized spacial score (nSPS) is 24.2. The minimum atomic E-state index is -0.746. The number of carboxylic acids is 1. The monoisotopic (exact) mass is 296 g/mol. The molecule has 2 N–H and O–H groups in total. The third-order valence-corrected chi connectivity index (χ3v) is 5.37. The Bertz CT molecular complexity index is 378. The highest BCUT2D eigenvalue weighted by atomic mass is 16.4. The van der Waals surface area contributed by atoms with Gasteiger partial charge < -0.3 is 15.3 Å². The molecular formula is C16H28N2O3. The maximum Gasteiger partial charge on any atom is 0.317 e. The van der Waals surface area contributed by atoms with Gasteiger partial charge in [0.2, 0.25) is 0 Å². The Labute approximate surface area is 127 Å². The Hall–Kier alpha value is -1.26. The lowest BCUT2D eigenvalue weighted by Gasteiger charge is -2.29. The molecule has 1 heterocycles. The van der Waals surface area contributed by atoms with Crippen LogP contribution in [0, 0.1) is 11.3 Å². The number of aliphatic carboxylic acids is 1. The number of carboxylic acid groups (broad SMARTS) is 1. The molecule has 1 unspecified atom stereocenters. The minimum Gasteiger partial charge on any atom is -0.481 e. The van der Waals surface area contributed by atoms with Crippen LogP contribution in [0.15, 0.2) is 0 Å². The van der Waals surface area contributed by atoms with Crippen LogP contribution in [-0.2, 0) is 4.79 Å². The van der Waals surface area contributed by atoms with E-state index in [1.165, 1.54) is 25.7 Å². The standard InChI is InChI=1S/C16H28N2O3/c1-2-16(8-3-4-9-16)12-17-15(21)18-10-7-13(11-18)5-6-14(19)20/h13H,2-12H2,1H3,(H,17,21)(H,19,20). The molecule has 5 nitrogen and oxygen atoms in total. The zero-order valence-electron chi connectivity index (χ0n) is 13.1. The van der Waals surface area contributed by atoms with Crippen molar-refractivity contribution in [1.29, 1.82) is 0 Å². The SMILES string of the molecule is CCC1(CNC(=O)N2CCC(CCC(=O)O)C2)CCCC1. The van der Waals surface area contributed by atoms with E-state index in [0.717, 1.165) is 25.9 Å². The number of urea groups is 1. The molecule has 1 aliphatic heterocycles. The molecule has 0 aromatic carbocycles. The molecule has 5 heteroatoms. The Kier molecular flexibility index (Phi) is 5.48. The predicted molar refractivity (Wildman–Crippen MR) is 81.1 cm³/mol. The zero-order valence-corrected chi connectivity index (χ0v) is 13.1. The summed E-state index contributed by atoms with van der Waals surface area (Å²) in [5.41, 5.74) is 0.318. The lowest BCUT2D eigenvalue weighted by molar-refractivity contribution is -0.137. The summed E-state index contributed by atoms with van der Waals surface area (Å²) in [7, 11) is 0. The predicted octanol–water partition coefficient (Wildman–Crippen LogP) is 2.85. The largest absolute Gasteiger partial charge is 0.481 e. The number of rotatable bonds is 6. The van der Waals surface area contributed by atoms with Gasteiger partial charge in [0.25, 0.3) is 0 Å². The Morgan fingerprint density at radius 2 is 2.05 bits per heavy atom. The van der Waals surface area contributed by atoms with E-state index in [1.54, 1.807) is 0 Å². The van der Waals surface area contributed by atoms with Crippen LogP contribution in [0.2, 0.25) is 0 Å². The Morgan fingerprint density at radius 1 is 1.33 bits per heavy atom. The van der Waals surface area contributed by atoms with Crippen molar-refractivity contribution in [3.8, 4) is 0 Å². The van der Waals surface area contributed by atoms with Crippen molar-refractivity contribution in [2.24, 2.45) is 11.3 Å². The second-order valence-electron chi connectivity index (χ2n) is 6.75. The van der Waals surface area contributed by atoms with Crippen molar-refractivity contribution in [2.75, 3.05) is 19.6 Å². The van der Waals surface area contributed by atoms with E-state index in [0.29, 0.717) is 24.3 Å². The van der Waals surface area contributed by atoms with E-state index in [1.807, 2.05) is 4.90 Å². The third kappa shape index (κ3) is 4.35. The maximum absolute atomic E-state index is 12.2. The molecule has 2 rings (SSSR count). The highest BCUT2D eigenvalue weighted by Gasteiger charge is 2.33. The number of amides is 2. The molecule has 2 amide bonds. The molecule has 0 spiro atoms. The quantitative estimate of drug-likeness (QED) is 0.792. The summed E-state index contributed by atoms with van der Waals surface area (Å²) in [4.78, 5) is 24.7. The van der Waals surface area contributed by atoms with Gasteiger partial charge in [-0.1, -0.05) is 19.8 Å². The number of carbonyl (C=O) groups excluding carboxylic acids is 1. The summed E-state index contributed by atoms with van der Waals surface area (Å²) in [6.45, 7) is 4.47.